The van der Waals surface area contributed by atoms with Crippen molar-refractivity contribution in [2.45, 2.75) is 6.92 Å². The monoisotopic (exact) mass is 161 g/mol. The molecule has 0 radical (unpaired) electrons. The van der Waals surface area contributed by atoms with E-state index < -0.39 is 5.97 Å². The first-order valence-electron chi connectivity index (χ1n) is 3.41. The van der Waals surface area contributed by atoms with Crippen LogP contribution >= 0.6 is 0 Å². The predicted molar refractivity (Wildman–Crippen MR) is 42.5 cm³/mol. The number of carbonyl (C=O) groups excluding carboxylic acids is 1. The first-order chi connectivity index (χ1) is 5.74. The van der Waals surface area contributed by atoms with E-state index in [1.807, 2.05) is 6.07 Å². The van der Waals surface area contributed by atoms with Crippen molar-refractivity contribution in [3.8, 4) is 11.8 Å². The summed E-state index contributed by atoms with van der Waals surface area (Å²) in [5.74, 6) is -0.106. The number of para-hydroxylation sites is 1. The van der Waals surface area contributed by atoms with Gasteiger partial charge in [-0.05, 0) is 12.1 Å². The number of carbonyl (C=O) groups is 1. The lowest BCUT2D eigenvalue weighted by Crippen LogP contribution is -2.02. The Labute approximate surface area is 70.2 Å². The summed E-state index contributed by atoms with van der Waals surface area (Å²) in [6, 6.07) is 8.52. The average Bonchev–Trinajstić information content (AvgIpc) is 2.04. The van der Waals surface area contributed by atoms with E-state index in [2.05, 4.69) is 0 Å². The highest BCUT2D eigenvalue weighted by atomic mass is 16.5. The lowest BCUT2D eigenvalue weighted by Gasteiger charge is -2.01. The van der Waals surface area contributed by atoms with E-state index in [0.717, 1.165) is 0 Å². The van der Waals surface area contributed by atoms with E-state index in [0.29, 0.717) is 11.3 Å². The summed E-state index contributed by atoms with van der Waals surface area (Å²) in [7, 11) is 0. The quantitative estimate of drug-likeness (QED) is 0.463. The topological polar surface area (TPSA) is 50.1 Å². The van der Waals surface area contributed by atoms with Gasteiger partial charge in [0.1, 0.15) is 11.8 Å². The fraction of sp³-hybridized carbons (Fsp3) is 0.111. The molecule has 1 aromatic rings. The van der Waals surface area contributed by atoms with Gasteiger partial charge in [0.2, 0.25) is 0 Å². The summed E-state index contributed by atoms with van der Waals surface area (Å²) in [6.45, 7) is 1.30. The second kappa shape index (κ2) is 3.54. The van der Waals surface area contributed by atoms with Crippen LogP contribution < -0.4 is 4.74 Å². The normalized spacial score (nSPS) is 8.67. The van der Waals surface area contributed by atoms with Crippen LogP contribution in [-0.2, 0) is 4.79 Å². The first-order valence-corrected chi connectivity index (χ1v) is 3.41. The van der Waals surface area contributed by atoms with Crippen LogP contribution in [0, 0.1) is 11.3 Å². The zero-order valence-corrected chi connectivity index (χ0v) is 6.57. The number of nitriles is 1. The molecule has 0 aliphatic rings. The number of nitrogens with zero attached hydrogens (tertiary/aromatic N) is 1. The molecule has 1 aromatic carbocycles. The molecular weight excluding hydrogens is 154 g/mol. The van der Waals surface area contributed by atoms with Crippen molar-refractivity contribution < 1.29 is 9.53 Å². The number of ether oxygens (including phenoxy) is 1. The van der Waals surface area contributed by atoms with Crippen molar-refractivity contribution in [2.75, 3.05) is 0 Å². The summed E-state index contributed by atoms with van der Waals surface area (Å²) in [5.41, 5.74) is 0.368. The van der Waals surface area contributed by atoms with Gasteiger partial charge in [0.15, 0.2) is 0 Å². The van der Waals surface area contributed by atoms with Crippen LogP contribution in [0.4, 0.5) is 0 Å². The zero-order chi connectivity index (χ0) is 8.97. The number of esters is 1. The molecule has 0 heterocycles. The van der Waals surface area contributed by atoms with Crippen LogP contribution in [0.3, 0.4) is 0 Å². The standard InChI is InChI=1S/C9H7NO2/c1-7(11)12-9-5-3-2-4-8(9)6-10/h2-5H,1H3. The highest BCUT2D eigenvalue weighted by Gasteiger charge is 2.02. The van der Waals surface area contributed by atoms with Crippen molar-refractivity contribution in [3.05, 3.63) is 29.8 Å². The Morgan fingerprint density at radius 3 is 2.75 bits per heavy atom. The molecule has 60 valence electrons. The van der Waals surface area contributed by atoms with Gasteiger partial charge in [-0.15, -0.1) is 0 Å². The van der Waals surface area contributed by atoms with Crippen molar-refractivity contribution in [1.29, 1.82) is 5.26 Å². The molecule has 0 bridgehead atoms. The minimum Gasteiger partial charge on any atom is -0.425 e. The predicted octanol–water partition coefficient (Wildman–Crippen LogP) is 1.48. The van der Waals surface area contributed by atoms with Gasteiger partial charge in [-0.3, -0.25) is 4.79 Å². The molecule has 0 atom stereocenters. The maximum atomic E-state index is 10.5. The van der Waals surface area contributed by atoms with Crippen molar-refractivity contribution >= 4 is 5.97 Å². The van der Waals surface area contributed by atoms with Gasteiger partial charge < -0.3 is 4.74 Å². The minimum atomic E-state index is -0.419. The molecule has 3 heteroatoms. The summed E-state index contributed by atoms with van der Waals surface area (Å²) in [4.78, 5) is 10.5. The van der Waals surface area contributed by atoms with Crippen LogP contribution in [0.2, 0.25) is 0 Å². The second-order valence-corrected chi connectivity index (χ2v) is 2.20. The third kappa shape index (κ3) is 1.83. The molecule has 1 rings (SSSR count). The highest BCUT2D eigenvalue weighted by molar-refractivity contribution is 5.70. The van der Waals surface area contributed by atoms with Gasteiger partial charge in [0.05, 0.1) is 5.56 Å². The summed E-state index contributed by atoms with van der Waals surface area (Å²) in [6.07, 6.45) is 0. The molecule has 0 saturated heterocycles. The fourth-order valence-electron chi connectivity index (χ4n) is 0.803. The molecule has 0 spiro atoms. The molecule has 3 nitrogen and oxygen atoms in total. The zero-order valence-electron chi connectivity index (χ0n) is 6.57. The molecule has 0 saturated carbocycles. The Bertz CT molecular complexity index is 339. The second-order valence-electron chi connectivity index (χ2n) is 2.20. The molecule has 0 aliphatic heterocycles. The SMILES string of the molecule is CC(=O)Oc1ccccc1C#N. The average molecular weight is 161 g/mol. The van der Waals surface area contributed by atoms with Crippen LogP contribution in [0.15, 0.2) is 24.3 Å². The van der Waals surface area contributed by atoms with Gasteiger partial charge in [0, 0.05) is 6.92 Å². The Hall–Kier alpha value is -1.82. The third-order valence-corrected chi connectivity index (χ3v) is 1.26. The van der Waals surface area contributed by atoms with E-state index in [4.69, 9.17) is 10.00 Å². The Balaban J connectivity index is 2.99. The van der Waals surface area contributed by atoms with E-state index in [-0.39, 0.29) is 0 Å². The van der Waals surface area contributed by atoms with E-state index in [1.165, 1.54) is 6.92 Å². The van der Waals surface area contributed by atoms with Crippen LogP contribution in [-0.4, -0.2) is 5.97 Å². The largest absolute Gasteiger partial charge is 0.425 e. The Morgan fingerprint density at radius 1 is 1.50 bits per heavy atom. The smallest absolute Gasteiger partial charge is 0.308 e. The number of hydrogen-bond acceptors (Lipinski definition) is 3. The number of hydrogen-bond donors (Lipinski definition) is 0. The molecule has 0 amide bonds. The van der Waals surface area contributed by atoms with E-state index in [9.17, 15) is 4.79 Å². The molecule has 0 unspecified atom stereocenters. The van der Waals surface area contributed by atoms with Gasteiger partial charge in [0.25, 0.3) is 0 Å². The fourth-order valence-corrected chi connectivity index (χ4v) is 0.803. The maximum Gasteiger partial charge on any atom is 0.308 e. The third-order valence-electron chi connectivity index (χ3n) is 1.26. The van der Waals surface area contributed by atoms with Gasteiger partial charge in [-0.2, -0.15) is 5.26 Å². The van der Waals surface area contributed by atoms with Crippen LogP contribution in [0.1, 0.15) is 12.5 Å². The first kappa shape index (κ1) is 8.28. The van der Waals surface area contributed by atoms with Gasteiger partial charge in [-0.25, -0.2) is 0 Å². The minimum absolute atomic E-state index is 0.313. The highest BCUT2D eigenvalue weighted by Crippen LogP contribution is 2.16. The lowest BCUT2D eigenvalue weighted by molar-refractivity contribution is -0.131. The van der Waals surface area contributed by atoms with E-state index >= 15 is 0 Å². The van der Waals surface area contributed by atoms with Gasteiger partial charge in [-0.1, -0.05) is 12.1 Å². The van der Waals surface area contributed by atoms with Crippen molar-refractivity contribution in [3.63, 3.8) is 0 Å². The summed E-state index contributed by atoms with van der Waals surface area (Å²) < 4.78 is 4.77. The van der Waals surface area contributed by atoms with E-state index in [1.54, 1.807) is 24.3 Å². The molecule has 0 fully saturated rings. The lowest BCUT2D eigenvalue weighted by atomic mass is 10.2. The molecule has 0 N–H and O–H groups in total. The number of benzene rings is 1. The van der Waals surface area contributed by atoms with Crippen LogP contribution in [0.5, 0.6) is 5.75 Å². The number of rotatable bonds is 1. The summed E-state index contributed by atoms with van der Waals surface area (Å²) in [5, 5.41) is 8.59. The Morgan fingerprint density at radius 2 is 2.17 bits per heavy atom. The Kier molecular flexibility index (Phi) is 2.44. The van der Waals surface area contributed by atoms with Gasteiger partial charge >= 0.3 is 5.97 Å². The molecular formula is C9H7NO2. The van der Waals surface area contributed by atoms with Crippen molar-refractivity contribution in [1.82, 2.24) is 0 Å². The van der Waals surface area contributed by atoms with Crippen molar-refractivity contribution in [2.24, 2.45) is 0 Å². The summed E-state index contributed by atoms with van der Waals surface area (Å²) >= 11 is 0. The van der Waals surface area contributed by atoms with Crippen LogP contribution in [0.25, 0.3) is 0 Å². The maximum absolute atomic E-state index is 10.5. The molecule has 0 aliphatic carbocycles. The molecule has 12 heavy (non-hydrogen) atoms. The molecule has 0 aromatic heterocycles.